The molecule has 0 spiro atoms. The number of carboxylic acid groups (broad SMARTS) is 1. The maximum atomic E-state index is 12.7. The molecule has 9 heteroatoms. The average Bonchev–Trinajstić information content (AvgIpc) is 2.68. The van der Waals surface area contributed by atoms with Gasteiger partial charge in [-0.2, -0.15) is 24.9 Å². The van der Waals surface area contributed by atoms with E-state index in [2.05, 4.69) is 10.3 Å². The number of carboxylic acids is 1. The maximum Gasteiger partial charge on any atom is 0.435 e. The van der Waals surface area contributed by atoms with Gasteiger partial charge in [-0.1, -0.05) is 12.1 Å². The molecule has 0 radical (unpaired) electrons. The fraction of sp³-hybridized carbons (Fsp3) is 0.667. The van der Waals surface area contributed by atoms with Crippen LogP contribution in [0.2, 0.25) is 0 Å². The van der Waals surface area contributed by atoms with Gasteiger partial charge < -0.3 is 5.11 Å². The van der Waals surface area contributed by atoms with E-state index in [1.54, 1.807) is 11.8 Å². The first-order chi connectivity index (χ1) is 8.38. The van der Waals surface area contributed by atoms with Gasteiger partial charge in [0.15, 0.2) is 5.69 Å². The van der Waals surface area contributed by atoms with Crippen LogP contribution in [0.4, 0.5) is 13.2 Å². The molecule has 0 saturated carbocycles. The third-order valence-electron chi connectivity index (χ3n) is 2.07. The number of nitrogens with zero attached hydrogens (tertiary/aromatic N) is 3. The van der Waals surface area contributed by atoms with Gasteiger partial charge in [0.25, 0.3) is 0 Å². The molecule has 1 aromatic rings. The van der Waals surface area contributed by atoms with Crippen molar-refractivity contribution >= 4 is 17.7 Å². The molecule has 5 nitrogen and oxygen atoms in total. The van der Waals surface area contributed by atoms with Crippen LogP contribution in [0, 0.1) is 0 Å². The van der Waals surface area contributed by atoms with Gasteiger partial charge in [0.1, 0.15) is 0 Å². The summed E-state index contributed by atoms with van der Waals surface area (Å²) in [6.07, 6.45) is -4.29. The molecule has 0 fully saturated rings. The first-order valence-electron chi connectivity index (χ1n) is 5.19. The molecule has 0 unspecified atom stereocenters. The number of hydrogen-bond donors (Lipinski definition) is 1. The van der Waals surface area contributed by atoms with Crippen LogP contribution < -0.4 is 0 Å². The van der Waals surface area contributed by atoms with Crippen molar-refractivity contribution in [2.24, 2.45) is 0 Å². The molecule has 0 saturated heterocycles. The molecule has 1 heterocycles. The van der Waals surface area contributed by atoms with Gasteiger partial charge in [0, 0.05) is 6.54 Å². The molecular formula is C9H12F3N3O2S. The van der Waals surface area contributed by atoms with Crippen molar-refractivity contribution in [1.82, 2.24) is 15.0 Å². The predicted octanol–water partition coefficient (Wildman–Crippen LogP) is 2.14. The predicted molar refractivity (Wildman–Crippen MR) is 59.6 cm³/mol. The van der Waals surface area contributed by atoms with Crippen molar-refractivity contribution in [3.8, 4) is 0 Å². The Hall–Kier alpha value is -1.25. The zero-order chi connectivity index (χ0) is 13.8. The van der Waals surface area contributed by atoms with Gasteiger partial charge in [0.2, 0.25) is 5.69 Å². The van der Waals surface area contributed by atoms with Crippen LogP contribution in [0.15, 0.2) is 0 Å². The Morgan fingerprint density at radius 1 is 1.50 bits per heavy atom. The van der Waals surface area contributed by atoms with Crippen molar-refractivity contribution in [2.75, 3.05) is 11.5 Å². The van der Waals surface area contributed by atoms with E-state index in [1.807, 2.05) is 6.92 Å². The minimum absolute atomic E-state index is 0.00211. The molecule has 0 aromatic carbocycles. The molecule has 1 aromatic heterocycles. The van der Waals surface area contributed by atoms with Crippen molar-refractivity contribution < 1.29 is 23.1 Å². The van der Waals surface area contributed by atoms with Gasteiger partial charge in [-0.05, 0) is 17.9 Å². The fourth-order valence-corrected chi connectivity index (χ4v) is 1.98. The minimum Gasteiger partial charge on any atom is -0.476 e. The molecular weight excluding hydrogens is 271 g/mol. The molecule has 1 N–H and O–H groups in total. The number of carbonyl (C=O) groups is 1. The van der Waals surface area contributed by atoms with Gasteiger partial charge in [-0.15, -0.1) is 5.10 Å². The molecule has 0 atom stereocenters. The smallest absolute Gasteiger partial charge is 0.435 e. The largest absolute Gasteiger partial charge is 0.476 e. The Labute approximate surface area is 105 Å². The Morgan fingerprint density at radius 3 is 2.67 bits per heavy atom. The molecule has 0 bridgehead atoms. The van der Waals surface area contributed by atoms with Crippen molar-refractivity contribution in [3.63, 3.8) is 0 Å². The fourth-order valence-electron chi connectivity index (χ4n) is 1.35. The highest BCUT2D eigenvalue weighted by Gasteiger charge is 2.41. The lowest BCUT2D eigenvalue weighted by Crippen LogP contribution is -2.18. The van der Waals surface area contributed by atoms with E-state index in [0.29, 0.717) is 16.9 Å². The number of aromatic carboxylic acids is 1. The lowest BCUT2D eigenvalue weighted by molar-refractivity contribution is -0.144. The molecule has 18 heavy (non-hydrogen) atoms. The van der Waals surface area contributed by atoms with E-state index in [1.165, 1.54) is 0 Å². The summed E-state index contributed by atoms with van der Waals surface area (Å²) in [4.78, 5) is 10.6. The monoisotopic (exact) mass is 283 g/mol. The standard InChI is InChI=1S/C9H12F3N3O2S/c1-2-18-5-3-4-15-7(9(10,11)12)6(8(16)17)13-14-15/h2-5H2,1H3,(H,16,17). The summed E-state index contributed by atoms with van der Waals surface area (Å²) in [5, 5.41) is 15.0. The third kappa shape index (κ3) is 3.62. The summed E-state index contributed by atoms with van der Waals surface area (Å²) in [5.41, 5.74) is -2.35. The number of hydrogen-bond acceptors (Lipinski definition) is 4. The zero-order valence-corrected chi connectivity index (χ0v) is 10.4. The highest BCUT2D eigenvalue weighted by Crippen LogP contribution is 2.31. The summed E-state index contributed by atoms with van der Waals surface area (Å²) in [6, 6.07) is 0. The van der Waals surface area contributed by atoms with E-state index in [0.717, 1.165) is 5.75 Å². The molecule has 102 valence electrons. The van der Waals surface area contributed by atoms with Crippen LogP contribution in [-0.2, 0) is 12.7 Å². The van der Waals surface area contributed by atoms with Crippen LogP contribution >= 0.6 is 11.8 Å². The van der Waals surface area contributed by atoms with Crippen molar-refractivity contribution in [3.05, 3.63) is 11.4 Å². The lowest BCUT2D eigenvalue weighted by Gasteiger charge is -2.09. The lowest BCUT2D eigenvalue weighted by atomic mass is 10.3. The Morgan fingerprint density at radius 2 is 2.17 bits per heavy atom. The number of halogens is 3. The Kier molecular flexibility index (Phi) is 5.00. The van der Waals surface area contributed by atoms with Crippen LogP contribution in [0.25, 0.3) is 0 Å². The Balaban J connectivity index is 2.88. The number of rotatable bonds is 6. The van der Waals surface area contributed by atoms with E-state index in [4.69, 9.17) is 5.11 Å². The Bertz CT molecular complexity index is 420. The molecule has 1 rings (SSSR count). The number of aromatic nitrogens is 3. The number of alkyl halides is 3. The van der Waals surface area contributed by atoms with Crippen LogP contribution in [-0.4, -0.2) is 37.6 Å². The van der Waals surface area contributed by atoms with Crippen molar-refractivity contribution in [2.45, 2.75) is 26.1 Å². The van der Waals surface area contributed by atoms with E-state index >= 15 is 0 Å². The first kappa shape index (κ1) is 14.8. The zero-order valence-electron chi connectivity index (χ0n) is 9.57. The summed E-state index contributed by atoms with van der Waals surface area (Å²) in [5.74, 6) is -0.156. The summed E-state index contributed by atoms with van der Waals surface area (Å²) < 4.78 is 38.7. The topological polar surface area (TPSA) is 68.0 Å². The second-order valence-corrected chi connectivity index (χ2v) is 4.76. The second-order valence-electron chi connectivity index (χ2n) is 3.36. The molecule has 0 aliphatic heterocycles. The van der Waals surface area contributed by atoms with Crippen LogP contribution in [0.5, 0.6) is 0 Å². The van der Waals surface area contributed by atoms with Gasteiger partial charge in [-0.3, -0.25) is 0 Å². The SMILES string of the molecule is CCSCCCn1nnc(C(=O)O)c1C(F)(F)F. The van der Waals surface area contributed by atoms with Gasteiger partial charge in [0.05, 0.1) is 0 Å². The van der Waals surface area contributed by atoms with Crippen LogP contribution in [0.3, 0.4) is 0 Å². The third-order valence-corrected chi connectivity index (χ3v) is 3.05. The number of thioether (sulfide) groups is 1. The second kappa shape index (κ2) is 6.07. The first-order valence-corrected chi connectivity index (χ1v) is 6.35. The summed E-state index contributed by atoms with van der Waals surface area (Å²) in [6.45, 7) is 1.95. The van der Waals surface area contributed by atoms with Gasteiger partial charge >= 0.3 is 12.1 Å². The summed E-state index contributed by atoms with van der Waals surface area (Å²) >= 11 is 1.59. The van der Waals surface area contributed by atoms with Gasteiger partial charge in [-0.25, -0.2) is 9.48 Å². The molecule has 0 amide bonds. The molecule has 0 aliphatic carbocycles. The quantitative estimate of drug-likeness (QED) is 0.810. The highest BCUT2D eigenvalue weighted by molar-refractivity contribution is 7.99. The maximum absolute atomic E-state index is 12.7. The van der Waals surface area contributed by atoms with Crippen molar-refractivity contribution in [1.29, 1.82) is 0 Å². The van der Waals surface area contributed by atoms with Crippen LogP contribution in [0.1, 0.15) is 29.5 Å². The minimum atomic E-state index is -4.77. The normalized spacial score (nSPS) is 11.8. The van der Waals surface area contributed by atoms with E-state index < -0.39 is 23.5 Å². The molecule has 0 aliphatic rings. The van der Waals surface area contributed by atoms with E-state index in [9.17, 15) is 18.0 Å². The highest BCUT2D eigenvalue weighted by atomic mass is 32.2. The van der Waals surface area contributed by atoms with E-state index in [-0.39, 0.29) is 6.54 Å². The summed E-state index contributed by atoms with van der Waals surface area (Å²) in [7, 11) is 0. The average molecular weight is 283 g/mol. The number of aryl methyl sites for hydroxylation is 1.